The molecule has 0 saturated heterocycles. The van der Waals surface area contributed by atoms with E-state index in [0.29, 0.717) is 28.6 Å². The maximum atomic E-state index is 12.2. The first-order valence-electron chi connectivity index (χ1n) is 30.5. The minimum absolute atomic E-state index is 0.0328. The van der Waals surface area contributed by atoms with Crippen molar-refractivity contribution in [2.45, 2.75) is 159 Å². The van der Waals surface area contributed by atoms with E-state index in [0.717, 1.165) is 12.0 Å². The molecule has 9 aromatic rings. The van der Waals surface area contributed by atoms with E-state index in [1.165, 1.54) is 130 Å². The molecule has 0 aromatic heterocycles. The standard InChI is InChI=1S/C25H28O.C22H28O.C19H22O.C13H12O3S/c1-18-6-8-19(9-7-18)24(2,3)20-10-12-21(13-11-20)25(4,5)22-14-16-23(26)17-15-22;1-16-5-7-18(8-6-16)22(19-9-11-20(23)12-10-19)14-17(2)13-21(3,4)15-22;1-15-5-7-16(8-6-15)19(13-3-2-4-14-19)17-9-11-18(20)12-10-17;1-10-2-6-12(7-3-10)17(15,16)13-8-4-11(14)5-9-13/h6-17,26H,1-5H3;5-12,17,23H,13-15H2,1-4H3;5-12,20H,2-4,13-14H2,1H3;2-9,14H,1H3. The van der Waals surface area contributed by atoms with E-state index in [4.69, 9.17) is 5.11 Å². The van der Waals surface area contributed by atoms with E-state index in [1.807, 2.05) is 43.3 Å². The second kappa shape index (κ2) is 26.8. The molecule has 2 saturated carbocycles. The van der Waals surface area contributed by atoms with Gasteiger partial charge >= 0.3 is 0 Å². The molecule has 0 bridgehead atoms. The Labute approximate surface area is 514 Å². The highest BCUT2D eigenvalue weighted by molar-refractivity contribution is 7.91. The molecule has 9 aromatic carbocycles. The zero-order valence-corrected chi connectivity index (χ0v) is 53.3. The number of phenols is 4. The Kier molecular flexibility index (Phi) is 20.0. The van der Waals surface area contributed by atoms with E-state index in [2.05, 4.69) is 191 Å². The molecule has 448 valence electrons. The van der Waals surface area contributed by atoms with E-state index in [-0.39, 0.29) is 37.2 Å². The fourth-order valence-corrected chi connectivity index (χ4v) is 14.6. The van der Waals surface area contributed by atoms with Crippen molar-refractivity contribution in [2.75, 3.05) is 0 Å². The molecule has 86 heavy (non-hydrogen) atoms. The highest BCUT2D eigenvalue weighted by Gasteiger charge is 2.45. The van der Waals surface area contributed by atoms with Crippen molar-refractivity contribution in [1.29, 1.82) is 0 Å². The van der Waals surface area contributed by atoms with Gasteiger partial charge in [-0.25, -0.2) is 8.42 Å². The minimum atomic E-state index is -3.48. The molecule has 2 unspecified atom stereocenters. The summed E-state index contributed by atoms with van der Waals surface area (Å²) < 4.78 is 24.3. The number of aromatic hydroxyl groups is 4. The number of rotatable bonds is 10. The van der Waals surface area contributed by atoms with Gasteiger partial charge < -0.3 is 20.4 Å². The van der Waals surface area contributed by atoms with Gasteiger partial charge in [0.2, 0.25) is 9.84 Å². The van der Waals surface area contributed by atoms with Crippen molar-refractivity contribution in [3.05, 3.63) is 285 Å². The maximum Gasteiger partial charge on any atom is 0.206 e. The zero-order valence-electron chi connectivity index (χ0n) is 52.5. The average molecular weight is 1170 g/mol. The number of benzene rings is 9. The summed E-state index contributed by atoms with van der Waals surface area (Å²) in [7, 11) is -3.48. The Morgan fingerprint density at radius 2 is 0.616 bits per heavy atom. The van der Waals surface area contributed by atoms with Crippen LogP contribution in [-0.4, -0.2) is 28.8 Å². The number of sulfone groups is 1. The summed E-state index contributed by atoms with van der Waals surface area (Å²) in [5.74, 6) is 1.74. The molecule has 11 rings (SSSR count). The smallest absolute Gasteiger partial charge is 0.206 e. The summed E-state index contributed by atoms with van der Waals surface area (Å²) in [5, 5.41) is 37.9. The zero-order chi connectivity index (χ0) is 62.1. The lowest BCUT2D eigenvalue weighted by Gasteiger charge is -2.48. The van der Waals surface area contributed by atoms with Crippen molar-refractivity contribution in [3.63, 3.8) is 0 Å². The molecule has 0 aliphatic heterocycles. The van der Waals surface area contributed by atoms with Crippen LogP contribution in [-0.2, 0) is 31.5 Å². The normalized spacial score (nSPS) is 17.3. The number of hydrogen-bond acceptors (Lipinski definition) is 6. The van der Waals surface area contributed by atoms with Crippen LogP contribution < -0.4 is 0 Å². The van der Waals surface area contributed by atoms with Crippen molar-refractivity contribution in [1.82, 2.24) is 0 Å². The van der Waals surface area contributed by atoms with Crippen LogP contribution >= 0.6 is 0 Å². The predicted molar refractivity (Wildman–Crippen MR) is 355 cm³/mol. The fourth-order valence-electron chi connectivity index (χ4n) is 13.3. The monoisotopic (exact) mass is 1170 g/mol. The van der Waals surface area contributed by atoms with Gasteiger partial charge in [-0.3, -0.25) is 0 Å². The van der Waals surface area contributed by atoms with Crippen molar-refractivity contribution < 1.29 is 28.8 Å². The SMILES string of the molecule is Cc1ccc(C(C)(C)c2ccc(C(C)(C)c3ccc(O)cc3)cc2)cc1.Cc1ccc(C2(c3ccc(O)cc3)CC(C)CC(C)(C)C2)cc1.Cc1ccc(C2(c3ccc(O)cc3)CCCCC2)cc1.Cc1ccc(S(=O)(=O)c2ccc(O)cc2)cc1. The first-order valence-corrected chi connectivity index (χ1v) is 32.0. The largest absolute Gasteiger partial charge is 0.508 e. The summed E-state index contributed by atoms with van der Waals surface area (Å²) in [6.07, 6.45) is 9.93. The molecule has 6 nitrogen and oxygen atoms in total. The lowest BCUT2D eigenvalue weighted by molar-refractivity contribution is 0.127. The Bertz CT molecular complexity index is 3490. The van der Waals surface area contributed by atoms with Crippen LogP contribution in [0.4, 0.5) is 0 Å². The first-order chi connectivity index (χ1) is 40.7. The van der Waals surface area contributed by atoms with Gasteiger partial charge in [0.25, 0.3) is 0 Å². The first kappa shape index (κ1) is 64.1. The van der Waals surface area contributed by atoms with Crippen LogP contribution in [0.5, 0.6) is 23.0 Å². The average Bonchev–Trinajstić information content (AvgIpc) is 0.930. The topological polar surface area (TPSA) is 115 Å². The van der Waals surface area contributed by atoms with Crippen LogP contribution in [0, 0.1) is 39.0 Å². The molecule has 0 heterocycles. The second-order valence-electron chi connectivity index (χ2n) is 26.5. The summed E-state index contributed by atoms with van der Waals surface area (Å²) in [6, 6.07) is 71.3. The third-order valence-electron chi connectivity index (χ3n) is 18.3. The summed E-state index contributed by atoms with van der Waals surface area (Å²) in [5.41, 5.74) is 15.9. The molecule has 0 amide bonds. The second-order valence-corrected chi connectivity index (χ2v) is 28.4. The quantitative estimate of drug-likeness (QED) is 0.108. The number of hydrogen-bond donors (Lipinski definition) is 4. The van der Waals surface area contributed by atoms with Crippen LogP contribution in [0.3, 0.4) is 0 Å². The molecule has 2 aliphatic carbocycles. The molecule has 2 aliphatic rings. The summed E-state index contributed by atoms with van der Waals surface area (Å²) >= 11 is 0. The Balaban J connectivity index is 0.000000151. The molecule has 2 atom stereocenters. The summed E-state index contributed by atoms with van der Waals surface area (Å²) in [6.45, 7) is 24.5. The molecular formula is C79H90O6S. The highest BCUT2D eigenvalue weighted by atomic mass is 32.2. The molecule has 7 heteroatoms. The van der Waals surface area contributed by atoms with E-state index >= 15 is 0 Å². The van der Waals surface area contributed by atoms with Crippen molar-refractivity contribution in [2.24, 2.45) is 11.3 Å². The van der Waals surface area contributed by atoms with E-state index < -0.39 is 9.84 Å². The van der Waals surface area contributed by atoms with Crippen LogP contribution in [0.25, 0.3) is 0 Å². The van der Waals surface area contributed by atoms with Gasteiger partial charge in [-0.05, 0) is 188 Å². The third kappa shape index (κ3) is 15.2. The van der Waals surface area contributed by atoms with Crippen LogP contribution in [0.2, 0.25) is 0 Å². The number of aryl methyl sites for hydroxylation is 4. The van der Waals surface area contributed by atoms with Crippen molar-refractivity contribution in [3.8, 4) is 23.0 Å². The number of phenolic OH excluding ortho intramolecular Hbond substituents is 4. The Hall–Kier alpha value is -7.87. The maximum absolute atomic E-state index is 12.2. The lowest BCUT2D eigenvalue weighted by atomic mass is 9.55. The van der Waals surface area contributed by atoms with Gasteiger partial charge in [0.1, 0.15) is 23.0 Å². The lowest BCUT2D eigenvalue weighted by Crippen LogP contribution is -2.41. The van der Waals surface area contributed by atoms with Gasteiger partial charge in [0.15, 0.2) is 0 Å². The molecule has 0 spiro atoms. The van der Waals surface area contributed by atoms with Gasteiger partial charge in [-0.1, -0.05) is 236 Å². The fraction of sp³-hybridized carbons (Fsp3) is 0.316. The minimum Gasteiger partial charge on any atom is -0.508 e. The molecule has 0 radical (unpaired) electrons. The summed E-state index contributed by atoms with van der Waals surface area (Å²) in [4.78, 5) is 0.438. The third-order valence-corrected chi connectivity index (χ3v) is 20.1. The Morgan fingerprint density at radius 1 is 0.360 bits per heavy atom. The van der Waals surface area contributed by atoms with E-state index in [1.54, 1.807) is 36.4 Å². The van der Waals surface area contributed by atoms with E-state index in [9.17, 15) is 23.7 Å². The van der Waals surface area contributed by atoms with Gasteiger partial charge in [0.05, 0.1) is 9.79 Å². The van der Waals surface area contributed by atoms with Gasteiger partial charge in [0, 0.05) is 21.7 Å². The molecule has 4 N–H and O–H groups in total. The van der Waals surface area contributed by atoms with Crippen LogP contribution in [0.1, 0.15) is 167 Å². The van der Waals surface area contributed by atoms with Crippen molar-refractivity contribution >= 4 is 9.84 Å². The Morgan fingerprint density at radius 3 is 0.965 bits per heavy atom. The van der Waals surface area contributed by atoms with Crippen LogP contribution in [0.15, 0.2) is 228 Å². The van der Waals surface area contributed by atoms with Gasteiger partial charge in [-0.2, -0.15) is 0 Å². The highest BCUT2D eigenvalue weighted by Crippen LogP contribution is 2.54. The van der Waals surface area contributed by atoms with Gasteiger partial charge in [-0.15, -0.1) is 0 Å². The molecular weight excluding hydrogens is 1080 g/mol. The molecule has 2 fully saturated rings. The predicted octanol–water partition coefficient (Wildman–Crippen LogP) is 19.7.